The van der Waals surface area contributed by atoms with E-state index in [1.165, 1.54) is 0 Å². The van der Waals surface area contributed by atoms with Crippen LogP contribution in [0.3, 0.4) is 0 Å². The number of carbonyl (C=O) groups is 1. The van der Waals surface area contributed by atoms with Crippen LogP contribution in [0, 0.1) is 0 Å². The summed E-state index contributed by atoms with van der Waals surface area (Å²) >= 11 is 0. The third-order valence-electron chi connectivity index (χ3n) is 5.11. The third kappa shape index (κ3) is 2.81. The number of aromatic nitrogens is 6. The zero-order chi connectivity index (χ0) is 20.8. The SMILES string of the molecule is CN(C)C(=O)c1cccc(-c2nc(-c3cccc4[nH]ncc34)nc3c2cnn3C)c1. The number of hydrogen-bond acceptors (Lipinski definition) is 5. The summed E-state index contributed by atoms with van der Waals surface area (Å²) in [5, 5.41) is 13.3. The summed E-state index contributed by atoms with van der Waals surface area (Å²) in [6.07, 6.45) is 3.53. The van der Waals surface area contributed by atoms with Crippen LogP contribution in [0.5, 0.6) is 0 Å². The number of aryl methyl sites for hydroxylation is 1. The predicted octanol–water partition coefficient (Wildman–Crippen LogP) is 3.28. The molecule has 148 valence electrons. The molecule has 0 radical (unpaired) electrons. The summed E-state index contributed by atoms with van der Waals surface area (Å²) in [6, 6.07) is 13.4. The van der Waals surface area contributed by atoms with Gasteiger partial charge in [0.15, 0.2) is 11.5 Å². The van der Waals surface area contributed by atoms with Crippen molar-refractivity contribution in [1.29, 1.82) is 0 Å². The molecule has 30 heavy (non-hydrogen) atoms. The Labute approximate surface area is 172 Å². The molecular formula is C22H19N7O. The van der Waals surface area contributed by atoms with Gasteiger partial charge in [0.25, 0.3) is 5.91 Å². The number of carbonyl (C=O) groups excluding carboxylic acids is 1. The molecule has 0 aliphatic rings. The number of amides is 1. The van der Waals surface area contributed by atoms with Crippen LogP contribution in [-0.2, 0) is 7.05 Å². The van der Waals surface area contributed by atoms with Gasteiger partial charge in [-0.15, -0.1) is 0 Å². The van der Waals surface area contributed by atoms with Crippen molar-refractivity contribution in [2.45, 2.75) is 0 Å². The molecule has 8 nitrogen and oxygen atoms in total. The molecule has 0 unspecified atom stereocenters. The minimum atomic E-state index is -0.0586. The summed E-state index contributed by atoms with van der Waals surface area (Å²) in [5.41, 5.74) is 4.69. The van der Waals surface area contributed by atoms with Crippen LogP contribution in [0.2, 0.25) is 0 Å². The lowest BCUT2D eigenvalue weighted by molar-refractivity contribution is 0.0827. The van der Waals surface area contributed by atoms with E-state index in [2.05, 4.69) is 15.3 Å². The normalized spacial score (nSPS) is 11.3. The van der Waals surface area contributed by atoms with E-state index in [1.807, 2.05) is 43.4 Å². The molecule has 5 rings (SSSR count). The first kappa shape index (κ1) is 18.0. The van der Waals surface area contributed by atoms with Gasteiger partial charge in [-0.3, -0.25) is 14.6 Å². The number of fused-ring (bicyclic) bond motifs is 2. The molecule has 0 atom stereocenters. The van der Waals surface area contributed by atoms with E-state index in [0.717, 1.165) is 38.8 Å². The highest BCUT2D eigenvalue weighted by molar-refractivity contribution is 5.98. The molecule has 0 fully saturated rings. The predicted molar refractivity (Wildman–Crippen MR) is 115 cm³/mol. The van der Waals surface area contributed by atoms with Crippen LogP contribution in [0.15, 0.2) is 54.9 Å². The van der Waals surface area contributed by atoms with Crippen LogP contribution in [-0.4, -0.2) is 54.8 Å². The van der Waals surface area contributed by atoms with Crippen LogP contribution in [0.25, 0.3) is 44.6 Å². The van der Waals surface area contributed by atoms with Crippen molar-refractivity contribution in [2.75, 3.05) is 14.1 Å². The van der Waals surface area contributed by atoms with Crippen molar-refractivity contribution in [1.82, 2.24) is 34.8 Å². The van der Waals surface area contributed by atoms with Crippen molar-refractivity contribution in [3.05, 3.63) is 60.4 Å². The fourth-order valence-electron chi connectivity index (χ4n) is 3.58. The van der Waals surface area contributed by atoms with Crippen LogP contribution in [0.4, 0.5) is 0 Å². The first-order valence-corrected chi connectivity index (χ1v) is 9.47. The Balaban J connectivity index is 1.76. The maximum Gasteiger partial charge on any atom is 0.253 e. The smallest absolute Gasteiger partial charge is 0.253 e. The zero-order valence-electron chi connectivity index (χ0n) is 16.8. The van der Waals surface area contributed by atoms with Crippen molar-refractivity contribution in [3.8, 4) is 22.6 Å². The Morgan fingerprint density at radius 2 is 1.87 bits per heavy atom. The van der Waals surface area contributed by atoms with Gasteiger partial charge in [-0.1, -0.05) is 24.3 Å². The maximum atomic E-state index is 12.5. The first-order valence-electron chi connectivity index (χ1n) is 9.47. The van der Waals surface area contributed by atoms with Crippen LogP contribution < -0.4 is 0 Å². The van der Waals surface area contributed by atoms with Crippen molar-refractivity contribution in [3.63, 3.8) is 0 Å². The topological polar surface area (TPSA) is 92.6 Å². The molecule has 3 aromatic heterocycles. The van der Waals surface area contributed by atoms with Gasteiger partial charge >= 0.3 is 0 Å². The summed E-state index contributed by atoms with van der Waals surface area (Å²) in [7, 11) is 5.33. The van der Waals surface area contributed by atoms with Gasteiger partial charge in [0, 0.05) is 43.2 Å². The van der Waals surface area contributed by atoms with Gasteiger partial charge in [0.2, 0.25) is 0 Å². The summed E-state index contributed by atoms with van der Waals surface area (Å²) in [5.74, 6) is 0.522. The highest BCUT2D eigenvalue weighted by atomic mass is 16.2. The Bertz CT molecular complexity index is 1410. The summed E-state index contributed by atoms with van der Waals surface area (Å²) in [4.78, 5) is 23.7. The fraction of sp³-hybridized carbons (Fsp3) is 0.136. The number of hydrogen-bond donors (Lipinski definition) is 1. The molecular weight excluding hydrogens is 378 g/mol. The number of benzene rings is 2. The lowest BCUT2D eigenvalue weighted by Gasteiger charge is -2.12. The number of nitrogens with zero attached hydrogens (tertiary/aromatic N) is 6. The molecule has 0 bridgehead atoms. The molecule has 3 heterocycles. The average Bonchev–Trinajstić information content (AvgIpc) is 3.39. The van der Waals surface area contributed by atoms with Crippen LogP contribution >= 0.6 is 0 Å². The summed E-state index contributed by atoms with van der Waals surface area (Å²) < 4.78 is 1.73. The minimum Gasteiger partial charge on any atom is -0.345 e. The van der Waals surface area contributed by atoms with Gasteiger partial charge in [-0.05, 0) is 18.2 Å². The van der Waals surface area contributed by atoms with Crippen molar-refractivity contribution in [2.24, 2.45) is 7.05 Å². The van der Waals surface area contributed by atoms with Gasteiger partial charge in [0.05, 0.1) is 29.0 Å². The highest BCUT2D eigenvalue weighted by Crippen LogP contribution is 2.31. The third-order valence-corrected chi connectivity index (χ3v) is 5.11. The largest absolute Gasteiger partial charge is 0.345 e. The Kier molecular flexibility index (Phi) is 4.06. The van der Waals surface area contributed by atoms with Gasteiger partial charge in [-0.2, -0.15) is 10.2 Å². The van der Waals surface area contributed by atoms with Crippen molar-refractivity contribution >= 4 is 27.8 Å². The number of rotatable bonds is 3. The van der Waals surface area contributed by atoms with Gasteiger partial charge in [0.1, 0.15) is 0 Å². The lowest BCUT2D eigenvalue weighted by atomic mass is 10.0. The minimum absolute atomic E-state index is 0.0586. The molecule has 0 aliphatic carbocycles. The number of aromatic amines is 1. The summed E-state index contributed by atoms with van der Waals surface area (Å²) in [6.45, 7) is 0. The monoisotopic (exact) mass is 397 g/mol. The number of H-pyrrole nitrogens is 1. The zero-order valence-corrected chi connectivity index (χ0v) is 16.8. The second-order valence-electron chi connectivity index (χ2n) is 7.32. The molecule has 1 amide bonds. The number of nitrogens with one attached hydrogen (secondary N) is 1. The van der Waals surface area contributed by atoms with E-state index < -0.39 is 0 Å². The van der Waals surface area contributed by atoms with E-state index in [9.17, 15) is 4.79 Å². The Hall–Kier alpha value is -4.07. The maximum absolute atomic E-state index is 12.5. The van der Waals surface area contributed by atoms with Crippen molar-refractivity contribution < 1.29 is 4.79 Å². The second-order valence-corrected chi connectivity index (χ2v) is 7.32. The molecule has 0 aliphatic heterocycles. The molecule has 0 saturated heterocycles. The van der Waals surface area contributed by atoms with E-state index in [0.29, 0.717) is 11.4 Å². The molecule has 0 spiro atoms. The standard InChI is InChI=1S/C22H19N7O/c1-28(2)22(30)14-7-4-6-13(10-14)19-17-12-24-29(3)21(17)26-20(25-19)15-8-5-9-18-16(15)11-23-27-18/h4-12H,1-3H3,(H,23,27). The van der Waals surface area contributed by atoms with Crippen LogP contribution in [0.1, 0.15) is 10.4 Å². The fourth-order valence-corrected chi connectivity index (χ4v) is 3.58. The molecule has 8 heteroatoms. The van der Waals surface area contributed by atoms with E-state index in [1.54, 1.807) is 42.1 Å². The quantitative estimate of drug-likeness (QED) is 0.504. The van der Waals surface area contributed by atoms with E-state index in [-0.39, 0.29) is 5.91 Å². The van der Waals surface area contributed by atoms with E-state index >= 15 is 0 Å². The molecule has 5 aromatic rings. The second kappa shape index (κ2) is 6.77. The Morgan fingerprint density at radius 1 is 1.03 bits per heavy atom. The van der Waals surface area contributed by atoms with Gasteiger partial charge in [-0.25, -0.2) is 9.97 Å². The Morgan fingerprint density at radius 3 is 2.70 bits per heavy atom. The molecule has 2 aromatic carbocycles. The highest BCUT2D eigenvalue weighted by Gasteiger charge is 2.17. The molecule has 1 N–H and O–H groups in total. The van der Waals surface area contributed by atoms with Gasteiger partial charge < -0.3 is 4.90 Å². The average molecular weight is 397 g/mol. The molecule has 0 saturated carbocycles. The van der Waals surface area contributed by atoms with E-state index in [4.69, 9.17) is 9.97 Å². The first-order chi connectivity index (χ1) is 14.5. The lowest BCUT2D eigenvalue weighted by Crippen LogP contribution is -2.21.